The molecule has 0 saturated carbocycles. The Morgan fingerprint density at radius 3 is 2.87 bits per heavy atom. The molecular weight excluding hydrogens is 190 g/mol. The van der Waals surface area contributed by atoms with Crippen molar-refractivity contribution >= 4 is 12.2 Å². The zero-order chi connectivity index (χ0) is 10.5. The van der Waals surface area contributed by atoms with Crippen molar-refractivity contribution in [2.75, 3.05) is 6.61 Å². The molecule has 78 valence electrons. The molecule has 3 heteroatoms. The number of hydrogen-bond acceptors (Lipinski definition) is 2. The van der Waals surface area contributed by atoms with E-state index in [1.807, 2.05) is 36.4 Å². The molecule has 0 aliphatic carbocycles. The van der Waals surface area contributed by atoms with E-state index in [2.05, 4.69) is 11.4 Å². The van der Waals surface area contributed by atoms with Crippen LogP contribution in [0.2, 0.25) is 0 Å². The molecule has 1 saturated heterocycles. The largest absolute Gasteiger partial charge is 0.447 e. The van der Waals surface area contributed by atoms with Gasteiger partial charge in [0.25, 0.3) is 0 Å². The molecule has 15 heavy (non-hydrogen) atoms. The Morgan fingerprint density at radius 2 is 2.20 bits per heavy atom. The Hall–Kier alpha value is -1.77. The summed E-state index contributed by atoms with van der Waals surface area (Å²) in [7, 11) is 0. The molecule has 0 spiro atoms. The number of alkyl carbamates (subject to hydrolysis) is 1. The molecule has 0 unspecified atom stereocenters. The molecule has 0 radical (unpaired) electrons. The summed E-state index contributed by atoms with van der Waals surface area (Å²) in [5.74, 6) is 0. The lowest BCUT2D eigenvalue weighted by atomic mass is 10.1. The zero-order valence-corrected chi connectivity index (χ0v) is 8.35. The molecule has 1 aromatic rings. The van der Waals surface area contributed by atoms with E-state index >= 15 is 0 Å². The third kappa shape index (κ3) is 2.84. The van der Waals surface area contributed by atoms with E-state index in [0.717, 1.165) is 6.42 Å². The molecular formula is C12H13NO2. The molecule has 1 fully saturated rings. The summed E-state index contributed by atoms with van der Waals surface area (Å²) < 4.78 is 4.78. The van der Waals surface area contributed by atoms with Crippen molar-refractivity contribution in [2.45, 2.75) is 12.5 Å². The molecule has 1 aliphatic rings. The molecule has 1 heterocycles. The molecule has 1 atom stereocenters. The van der Waals surface area contributed by atoms with E-state index in [1.54, 1.807) is 0 Å². The number of rotatable bonds is 3. The monoisotopic (exact) mass is 203 g/mol. The number of carbonyl (C=O) groups is 1. The summed E-state index contributed by atoms with van der Waals surface area (Å²) in [5, 5.41) is 2.73. The molecule has 1 amide bonds. The van der Waals surface area contributed by atoms with Crippen molar-refractivity contribution in [3.8, 4) is 0 Å². The van der Waals surface area contributed by atoms with Crippen LogP contribution in [0.4, 0.5) is 4.79 Å². The smallest absolute Gasteiger partial charge is 0.407 e. The average Bonchev–Trinajstić information content (AvgIpc) is 2.66. The maximum Gasteiger partial charge on any atom is 0.407 e. The molecule has 0 aromatic heterocycles. The highest BCUT2D eigenvalue weighted by Gasteiger charge is 2.20. The van der Waals surface area contributed by atoms with Crippen LogP contribution in [0.1, 0.15) is 12.0 Å². The highest BCUT2D eigenvalue weighted by atomic mass is 16.6. The van der Waals surface area contributed by atoms with Gasteiger partial charge in [-0.25, -0.2) is 4.79 Å². The molecule has 0 bridgehead atoms. The van der Waals surface area contributed by atoms with E-state index in [0.29, 0.717) is 6.61 Å². The Morgan fingerprint density at radius 1 is 1.40 bits per heavy atom. The first-order valence-corrected chi connectivity index (χ1v) is 4.99. The summed E-state index contributed by atoms with van der Waals surface area (Å²) in [6.45, 7) is 0.470. The van der Waals surface area contributed by atoms with Crippen LogP contribution in [-0.2, 0) is 4.74 Å². The second kappa shape index (κ2) is 4.64. The van der Waals surface area contributed by atoms with Gasteiger partial charge >= 0.3 is 6.09 Å². The topological polar surface area (TPSA) is 38.3 Å². The van der Waals surface area contributed by atoms with Crippen LogP contribution in [0, 0.1) is 0 Å². The predicted molar refractivity (Wildman–Crippen MR) is 58.4 cm³/mol. The lowest BCUT2D eigenvalue weighted by Gasteiger charge is -2.01. The number of hydrogen-bond donors (Lipinski definition) is 1. The minimum atomic E-state index is -0.312. The highest BCUT2D eigenvalue weighted by molar-refractivity contribution is 5.69. The van der Waals surface area contributed by atoms with Crippen LogP contribution in [0.5, 0.6) is 0 Å². The maximum absolute atomic E-state index is 10.7. The van der Waals surface area contributed by atoms with Crippen molar-refractivity contribution in [1.29, 1.82) is 0 Å². The minimum Gasteiger partial charge on any atom is -0.447 e. The number of carbonyl (C=O) groups excluding carboxylic acids is 1. The van der Waals surface area contributed by atoms with E-state index in [1.165, 1.54) is 5.56 Å². The first kappa shape index (κ1) is 9.77. The van der Waals surface area contributed by atoms with Crippen LogP contribution in [0.15, 0.2) is 36.4 Å². The van der Waals surface area contributed by atoms with Gasteiger partial charge in [0.05, 0.1) is 6.04 Å². The van der Waals surface area contributed by atoms with Gasteiger partial charge in [0.15, 0.2) is 0 Å². The van der Waals surface area contributed by atoms with Crippen LogP contribution in [-0.4, -0.2) is 18.7 Å². The summed E-state index contributed by atoms with van der Waals surface area (Å²) in [6, 6.07) is 10.2. The van der Waals surface area contributed by atoms with Crippen LogP contribution < -0.4 is 5.32 Å². The molecule has 1 aliphatic heterocycles. The number of nitrogens with one attached hydrogen (secondary N) is 1. The van der Waals surface area contributed by atoms with E-state index < -0.39 is 0 Å². The summed E-state index contributed by atoms with van der Waals surface area (Å²) in [5.41, 5.74) is 1.17. The summed E-state index contributed by atoms with van der Waals surface area (Å²) in [4.78, 5) is 10.7. The first-order valence-electron chi connectivity index (χ1n) is 4.99. The highest BCUT2D eigenvalue weighted by Crippen LogP contribution is 2.06. The second-order valence-corrected chi connectivity index (χ2v) is 3.49. The van der Waals surface area contributed by atoms with Crippen LogP contribution in [0.3, 0.4) is 0 Å². The van der Waals surface area contributed by atoms with Gasteiger partial charge in [0, 0.05) is 0 Å². The van der Waals surface area contributed by atoms with Crippen LogP contribution >= 0.6 is 0 Å². The van der Waals surface area contributed by atoms with Crippen molar-refractivity contribution in [3.05, 3.63) is 42.0 Å². The van der Waals surface area contributed by atoms with Gasteiger partial charge in [-0.15, -0.1) is 0 Å². The van der Waals surface area contributed by atoms with E-state index in [4.69, 9.17) is 4.74 Å². The van der Waals surface area contributed by atoms with Crippen molar-refractivity contribution in [1.82, 2.24) is 5.32 Å². The lowest BCUT2D eigenvalue weighted by Crippen LogP contribution is -2.25. The van der Waals surface area contributed by atoms with Gasteiger partial charge in [0.2, 0.25) is 0 Å². The maximum atomic E-state index is 10.7. The molecule has 2 rings (SSSR count). The zero-order valence-electron chi connectivity index (χ0n) is 8.35. The van der Waals surface area contributed by atoms with Crippen molar-refractivity contribution in [2.24, 2.45) is 0 Å². The summed E-state index contributed by atoms with van der Waals surface area (Å²) in [6.07, 6.45) is 4.59. The normalized spacial score (nSPS) is 20.3. The van der Waals surface area contributed by atoms with Gasteiger partial charge in [0.1, 0.15) is 6.61 Å². The minimum absolute atomic E-state index is 0.123. The number of cyclic esters (lactones) is 1. The third-order valence-electron chi connectivity index (χ3n) is 2.27. The molecule has 1 N–H and O–H groups in total. The van der Waals surface area contributed by atoms with Gasteiger partial charge < -0.3 is 10.1 Å². The van der Waals surface area contributed by atoms with Crippen LogP contribution in [0.25, 0.3) is 6.08 Å². The number of ether oxygens (including phenoxy) is 1. The average molecular weight is 203 g/mol. The molecule has 3 nitrogen and oxygen atoms in total. The Kier molecular flexibility index (Phi) is 3.02. The van der Waals surface area contributed by atoms with Gasteiger partial charge in [-0.05, 0) is 12.0 Å². The summed E-state index contributed by atoms with van der Waals surface area (Å²) >= 11 is 0. The van der Waals surface area contributed by atoms with Gasteiger partial charge in [-0.3, -0.25) is 0 Å². The fourth-order valence-electron chi connectivity index (χ4n) is 1.49. The Bertz CT molecular complexity index is 359. The fourth-order valence-corrected chi connectivity index (χ4v) is 1.49. The van der Waals surface area contributed by atoms with Crippen molar-refractivity contribution < 1.29 is 9.53 Å². The predicted octanol–water partition coefficient (Wildman–Crippen LogP) is 2.20. The van der Waals surface area contributed by atoms with Gasteiger partial charge in [-0.1, -0.05) is 42.5 Å². The lowest BCUT2D eigenvalue weighted by molar-refractivity contribution is 0.177. The van der Waals surface area contributed by atoms with E-state index in [-0.39, 0.29) is 12.1 Å². The second-order valence-electron chi connectivity index (χ2n) is 3.49. The standard InChI is InChI=1S/C12H13NO2/c14-12-13-11(9-15-12)8-4-7-10-5-2-1-3-6-10/h1-7,11H,8-9H2,(H,13,14)/b7-4+/t11-/m0/s1. The number of benzene rings is 1. The van der Waals surface area contributed by atoms with Gasteiger partial charge in [-0.2, -0.15) is 0 Å². The SMILES string of the molecule is O=C1N[C@@H](C/C=C/c2ccccc2)CO1. The third-order valence-corrected chi connectivity index (χ3v) is 2.27. The first-order chi connectivity index (χ1) is 7.34. The fraction of sp³-hybridized carbons (Fsp3) is 0.250. The quantitative estimate of drug-likeness (QED) is 0.817. The Balaban J connectivity index is 1.83. The Labute approximate surface area is 88.8 Å². The number of amides is 1. The van der Waals surface area contributed by atoms with E-state index in [9.17, 15) is 4.79 Å². The molecule has 1 aromatic carbocycles. The van der Waals surface area contributed by atoms with Crippen molar-refractivity contribution in [3.63, 3.8) is 0 Å².